The number of amides is 1. The highest BCUT2D eigenvalue weighted by atomic mass is 35.5. The van der Waals surface area contributed by atoms with Crippen LogP contribution in [0.3, 0.4) is 0 Å². The first-order valence-corrected chi connectivity index (χ1v) is 5.73. The van der Waals surface area contributed by atoms with Gasteiger partial charge >= 0.3 is 0 Å². The number of nitrogens with zero attached hydrogens (tertiary/aromatic N) is 1. The van der Waals surface area contributed by atoms with Gasteiger partial charge in [-0.25, -0.2) is 8.78 Å². The van der Waals surface area contributed by atoms with Crippen LogP contribution in [-0.4, -0.2) is 10.9 Å². The Kier molecular flexibility index (Phi) is 3.76. The fourth-order valence-electron chi connectivity index (χ4n) is 1.49. The second-order valence-electron chi connectivity index (χ2n) is 3.89. The molecule has 0 spiro atoms. The Bertz CT molecular complexity index is 647. The maximum atomic E-state index is 13.5. The van der Waals surface area contributed by atoms with E-state index in [-0.39, 0.29) is 21.8 Å². The highest BCUT2D eigenvalue weighted by molar-refractivity contribution is 6.33. The van der Waals surface area contributed by atoms with Crippen molar-refractivity contribution in [2.75, 3.05) is 5.32 Å². The second kappa shape index (κ2) is 5.32. The van der Waals surface area contributed by atoms with Crippen molar-refractivity contribution in [3.63, 3.8) is 0 Å². The molecule has 2 aromatic rings. The molecule has 2 rings (SSSR count). The fraction of sp³-hybridized carbons (Fsp3) is 0.0769. The van der Waals surface area contributed by atoms with Gasteiger partial charge in [-0.15, -0.1) is 0 Å². The molecular weight excluding hydrogens is 274 g/mol. The van der Waals surface area contributed by atoms with Crippen LogP contribution in [0.4, 0.5) is 14.5 Å². The van der Waals surface area contributed by atoms with Crippen LogP contribution in [0.25, 0.3) is 0 Å². The average molecular weight is 283 g/mol. The van der Waals surface area contributed by atoms with Crippen LogP contribution in [0.5, 0.6) is 0 Å². The molecule has 0 aliphatic rings. The standard InChI is InChI=1S/C13H9ClF2N2O/c1-7-4-8(11(16)5-10(7)15)13(19)18-12-6-17-3-2-9(12)14/h2-6H,1H3,(H,18,19). The Morgan fingerprint density at radius 2 is 2.05 bits per heavy atom. The SMILES string of the molecule is Cc1cc(C(=O)Nc2cnccc2Cl)c(F)cc1F. The lowest BCUT2D eigenvalue weighted by molar-refractivity contribution is 0.102. The number of nitrogens with one attached hydrogen (secondary N) is 1. The smallest absolute Gasteiger partial charge is 0.258 e. The zero-order valence-corrected chi connectivity index (χ0v) is 10.6. The lowest BCUT2D eigenvalue weighted by Gasteiger charge is -2.08. The third-order valence-electron chi connectivity index (χ3n) is 2.51. The molecule has 1 heterocycles. The van der Waals surface area contributed by atoms with Crippen LogP contribution in [-0.2, 0) is 0 Å². The summed E-state index contributed by atoms with van der Waals surface area (Å²) in [5.74, 6) is -2.34. The van der Waals surface area contributed by atoms with Crippen molar-refractivity contribution in [3.8, 4) is 0 Å². The average Bonchev–Trinajstić information content (AvgIpc) is 2.36. The van der Waals surface area contributed by atoms with E-state index < -0.39 is 17.5 Å². The molecular formula is C13H9ClF2N2O. The van der Waals surface area contributed by atoms with E-state index in [1.807, 2.05) is 0 Å². The number of pyridine rings is 1. The summed E-state index contributed by atoms with van der Waals surface area (Å²) in [4.78, 5) is 15.7. The normalized spacial score (nSPS) is 10.3. The minimum atomic E-state index is -0.930. The molecule has 0 fully saturated rings. The van der Waals surface area contributed by atoms with Gasteiger partial charge in [0.2, 0.25) is 0 Å². The number of carbonyl (C=O) groups excluding carboxylic acids is 1. The Labute approximate surface area is 113 Å². The predicted octanol–water partition coefficient (Wildman–Crippen LogP) is 3.57. The van der Waals surface area contributed by atoms with Crippen molar-refractivity contribution in [1.82, 2.24) is 4.98 Å². The van der Waals surface area contributed by atoms with Gasteiger partial charge in [0.25, 0.3) is 5.91 Å². The molecule has 0 unspecified atom stereocenters. The fourth-order valence-corrected chi connectivity index (χ4v) is 1.64. The summed E-state index contributed by atoms with van der Waals surface area (Å²) >= 11 is 5.84. The number of hydrogen-bond acceptors (Lipinski definition) is 2. The van der Waals surface area contributed by atoms with Crippen LogP contribution in [0.1, 0.15) is 15.9 Å². The zero-order chi connectivity index (χ0) is 14.0. The van der Waals surface area contributed by atoms with Gasteiger partial charge in [0.15, 0.2) is 0 Å². The van der Waals surface area contributed by atoms with Crippen molar-refractivity contribution in [2.24, 2.45) is 0 Å². The molecule has 1 amide bonds. The van der Waals surface area contributed by atoms with Gasteiger partial charge in [0.1, 0.15) is 11.6 Å². The van der Waals surface area contributed by atoms with Gasteiger partial charge in [0.05, 0.1) is 22.5 Å². The molecule has 0 radical (unpaired) electrons. The van der Waals surface area contributed by atoms with Crippen LogP contribution < -0.4 is 5.32 Å². The third kappa shape index (κ3) is 2.88. The van der Waals surface area contributed by atoms with Crippen LogP contribution in [0.15, 0.2) is 30.6 Å². The first-order chi connectivity index (χ1) is 8.99. The molecule has 19 heavy (non-hydrogen) atoms. The number of aromatic nitrogens is 1. The van der Waals surface area contributed by atoms with Crippen molar-refractivity contribution in [1.29, 1.82) is 0 Å². The number of halogens is 3. The number of hydrogen-bond donors (Lipinski definition) is 1. The summed E-state index contributed by atoms with van der Waals surface area (Å²) in [6, 6.07) is 3.31. The van der Waals surface area contributed by atoms with Crippen LogP contribution >= 0.6 is 11.6 Å². The molecule has 98 valence electrons. The first kappa shape index (κ1) is 13.4. The lowest BCUT2D eigenvalue weighted by Crippen LogP contribution is -2.15. The van der Waals surface area contributed by atoms with E-state index in [0.29, 0.717) is 6.07 Å². The Morgan fingerprint density at radius 3 is 2.74 bits per heavy atom. The Balaban J connectivity index is 2.31. The number of carbonyl (C=O) groups is 1. The van der Waals surface area contributed by atoms with E-state index in [0.717, 1.165) is 6.07 Å². The molecule has 0 saturated carbocycles. The van der Waals surface area contributed by atoms with Gasteiger partial charge in [-0.05, 0) is 24.6 Å². The summed E-state index contributed by atoms with van der Waals surface area (Å²) in [6.07, 6.45) is 2.80. The van der Waals surface area contributed by atoms with E-state index in [1.165, 1.54) is 25.4 Å². The number of rotatable bonds is 2. The van der Waals surface area contributed by atoms with E-state index in [2.05, 4.69) is 10.3 Å². The first-order valence-electron chi connectivity index (χ1n) is 5.35. The van der Waals surface area contributed by atoms with Crippen molar-refractivity contribution < 1.29 is 13.6 Å². The summed E-state index contributed by atoms with van der Waals surface area (Å²) in [7, 11) is 0. The van der Waals surface area contributed by atoms with Crippen LogP contribution in [0, 0.1) is 18.6 Å². The predicted molar refractivity (Wildman–Crippen MR) is 68.3 cm³/mol. The molecule has 6 heteroatoms. The highest BCUT2D eigenvalue weighted by Gasteiger charge is 2.15. The van der Waals surface area contributed by atoms with Crippen molar-refractivity contribution in [2.45, 2.75) is 6.92 Å². The summed E-state index contributed by atoms with van der Waals surface area (Å²) in [5.41, 5.74) is 0.193. The summed E-state index contributed by atoms with van der Waals surface area (Å²) in [6.45, 7) is 1.45. The van der Waals surface area contributed by atoms with Gasteiger partial charge in [0, 0.05) is 12.3 Å². The number of anilines is 1. The molecule has 0 saturated heterocycles. The van der Waals surface area contributed by atoms with E-state index in [4.69, 9.17) is 11.6 Å². The largest absolute Gasteiger partial charge is 0.319 e. The minimum Gasteiger partial charge on any atom is -0.319 e. The molecule has 1 aromatic heterocycles. The topological polar surface area (TPSA) is 42.0 Å². The van der Waals surface area contributed by atoms with E-state index in [9.17, 15) is 13.6 Å². The molecule has 1 N–H and O–H groups in total. The molecule has 0 aliphatic carbocycles. The molecule has 3 nitrogen and oxygen atoms in total. The van der Waals surface area contributed by atoms with E-state index >= 15 is 0 Å². The van der Waals surface area contributed by atoms with Gasteiger partial charge < -0.3 is 5.32 Å². The van der Waals surface area contributed by atoms with E-state index in [1.54, 1.807) is 0 Å². The van der Waals surface area contributed by atoms with Gasteiger partial charge in [-0.2, -0.15) is 0 Å². The lowest BCUT2D eigenvalue weighted by atomic mass is 10.1. The van der Waals surface area contributed by atoms with Crippen LogP contribution in [0.2, 0.25) is 5.02 Å². The molecule has 0 aliphatic heterocycles. The summed E-state index contributed by atoms with van der Waals surface area (Å²) < 4.78 is 26.6. The van der Waals surface area contributed by atoms with Crippen molar-refractivity contribution in [3.05, 3.63) is 58.4 Å². The maximum Gasteiger partial charge on any atom is 0.258 e. The minimum absolute atomic E-state index is 0.184. The molecule has 0 bridgehead atoms. The monoisotopic (exact) mass is 282 g/mol. The molecule has 1 aromatic carbocycles. The Morgan fingerprint density at radius 1 is 1.32 bits per heavy atom. The van der Waals surface area contributed by atoms with Gasteiger partial charge in [-0.3, -0.25) is 9.78 Å². The summed E-state index contributed by atoms with van der Waals surface area (Å²) in [5, 5.41) is 2.70. The Hall–Kier alpha value is -2.01. The highest BCUT2D eigenvalue weighted by Crippen LogP contribution is 2.21. The number of benzene rings is 1. The quantitative estimate of drug-likeness (QED) is 0.915. The number of aryl methyl sites for hydroxylation is 1. The van der Waals surface area contributed by atoms with Crippen molar-refractivity contribution >= 4 is 23.2 Å². The molecule has 0 atom stereocenters. The second-order valence-corrected chi connectivity index (χ2v) is 4.30. The third-order valence-corrected chi connectivity index (χ3v) is 2.84. The zero-order valence-electron chi connectivity index (χ0n) is 9.88. The maximum absolute atomic E-state index is 13.5. The van der Waals surface area contributed by atoms with Gasteiger partial charge in [-0.1, -0.05) is 11.6 Å².